The Kier molecular flexibility index (Phi) is 3.62. The summed E-state index contributed by atoms with van der Waals surface area (Å²) in [5, 5.41) is 11.3. The molecule has 1 atom stereocenters. The second-order valence-corrected chi connectivity index (χ2v) is 5.69. The van der Waals surface area contributed by atoms with Crippen LogP contribution in [-0.4, -0.2) is 46.3 Å². The maximum Gasteiger partial charge on any atom is 0.356 e. The van der Waals surface area contributed by atoms with Crippen LogP contribution in [0.25, 0.3) is 4.96 Å². The predicted octanol–water partition coefficient (Wildman–Crippen LogP) is 2.10. The van der Waals surface area contributed by atoms with Crippen LogP contribution >= 0.6 is 11.3 Å². The van der Waals surface area contributed by atoms with Crippen LogP contribution in [0, 0.1) is 0 Å². The number of rotatable bonds is 5. The van der Waals surface area contributed by atoms with Crippen LogP contribution in [0.3, 0.4) is 0 Å². The van der Waals surface area contributed by atoms with E-state index in [2.05, 4.69) is 4.98 Å². The Hall–Kier alpha value is -1.60. The van der Waals surface area contributed by atoms with Crippen molar-refractivity contribution in [1.82, 2.24) is 9.38 Å². The molecule has 1 saturated heterocycles. The summed E-state index contributed by atoms with van der Waals surface area (Å²) >= 11 is 1.44. The van der Waals surface area contributed by atoms with Gasteiger partial charge in [0, 0.05) is 31.3 Å². The van der Waals surface area contributed by atoms with Gasteiger partial charge in [-0.05, 0) is 19.8 Å². The van der Waals surface area contributed by atoms with Crippen LogP contribution in [-0.2, 0) is 4.74 Å². The molecule has 0 aliphatic carbocycles. The van der Waals surface area contributed by atoms with Gasteiger partial charge < -0.3 is 14.7 Å². The smallest absolute Gasteiger partial charge is 0.356 e. The van der Waals surface area contributed by atoms with E-state index >= 15 is 0 Å². The number of carboxylic acid groups (broad SMARTS) is 1. The number of aromatic carboxylic acids is 1. The van der Waals surface area contributed by atoms with Gasteiger partial charge in [-0.25, -0.2) is 9.78 Å². The summed E-state index contributed by atoms with van der Waals surface area (Å²) in [6.45, 7) is 4.22. The van der Waals surface area contributed by atoms with Gasteiger partial charge in [-0.2, -0.15) is 0 Å². The summed E-state index contributed by atoms with van der Waals surface area (Å²) in [5.74, 6) is -0.404. The molecule has 6 nitrogen and oxygen atoms in total. The summed E-state index contributed by atoms with van der Waals surface area (Å²) < 4.78 is 7.28. The molecular formula is C13H17N3O3S. The van der Waals surface area contributed by atoms with E-state index in [1.54, 1.807) is 10.6 Å². The molecule has 20 heavy (non-hydrogen) atoms. The molecule has 1 unspecified atom stereocenters. The third-order valence-electron chi connectivity index (χ3n) is 3.58. The van der Waals surface area contributed by atoms with Gasteiger partial charge >= 0.3 is 5.97 Å². The lowest BCUT2D eigenvalue weighted by Crippen LogP contribution is -2.33. The number of likely N-dealkylation sites (N-methyl/N-ethyl adjacent to an activating group) is 1. The highest BCUT2D eigenvalue weighted by atomic mass is 32.1. The topological polar surface area (TPSA) is 67.1 Å². The predicted molar refractivity (Wildman–Crippen MR) is 76.9 cm³/mol. The van der Waals surface area contributed by atoms with Crippen molar-refractivity contribution in [2.24, 2.45) is 0 Å². The molecule has 108 valence electrons. The highest BCUT2D eigenvalue weighted by Gasteiger charge is 2.26. The van der Waals surface area contributed by atoms with E-state index in [1.807, 2.05) is 17.2 Å². The molecule has 0 spiro atoms. The molecule has 0 saturated carbocycles. The minimum atomic E-state index is -0.948. The Morgan fingerprint density at radius 2 is 2.55 bits per heavy atom. The first-order valence-electron chi connectivity index (χ1n) is 6.76. The third kappa shape index (κ3) is 2.27. The average Bonchev–Trinajstić information content (AvgIpc) is 3.11. The van der Waals surface area contributed by atoms with Crippen LogP contribution in [0.2, 0.25) is 0 Å². The number of hydrogen-bond acceptors (Lipinski definition) is 5. The van der Waals surface area contributed by atoms with Crippen LogP contribution in [0.15, 0.2) is 11.6 Å². The normalized spacial score (nSPS) is 18.8. The van der Waals surface area contributed by atoms with E-state index in [0.717, 1.165) is 19.4 Å². The van der Waals surface area contributed by atoms with E-state index in [9.17, 15) is 9.90 Å². The zero-order valence-corrected chi connectivity index (χ0v) is 12.1. The van der Waals surface area contributed by atoms with Crippen LogP contribution in [0.5, 0.6) is 0 Å². The number of anilines is 1. The molecule has 0 radical (unpaired) electrons. The monoisotopic (exact) mass is 295 g/mol. The van der Waals surface area contributed by atoms with Crippen molar-refractivity contribution in [3.63, 3.8) is 0 Å². The molecule has 2 aromatic heterocycles. The minimum absolute atomic E-state index is 0.177. The van der Waals surface area contributed by atoms with Gasteiger partial charge in [0.25, 0.3) is 0 Å². The molecule has 0 bridgehead atoms. The molecule has 3 heterocycles. The van der Waals surface area contributed by atoms with Gasteiger partial charge in [-0.3, -0.25) is 4.40 Å². The van der Waals surface area contributed by atoms with Crippen molar-refractivity contribution in [3.05, 3.63) is 17.3 Å². The van der Waals surface area contributed by atoms with Crippen molar-refractivity contribution >= 4 is 28.1 Å². The maximum atomic E-state index is 11.5. The molecule has 1 aliphatic rings. The van der Waals surface area contributed by atoms with E-state index in [0.29, 0.717) is 23.9 Å². The molecule has 3 rings (SSSR count). The lowest BCUT2D eigenvalue weighted by molar-refractivity contribution is 0.0689. The summed E-state index contributed by atoms with van der Waals surface area (Å²) in [5.41, 5.74) is 0.237. The third-order valence-corrected chi connectivity index (χ3v) is 4.33. The molecule has 2 aromatic rings. The molecule has 0 aromatic carbocycles. The maximum absolute atomic E-state index is 11.5. The number of imidazole rings is 1. The SMILES string of the molecule is CCN(CC1CCCO1)c1nc2sccn2c1C(=O)O. The fourth-order valence-electron chi connectivity index (χ4n) is 2.59. The van der Waals surface area contributed by atoms with Gasteiger partial charge in [0.05, 0.1) is 6.10 Å². The molecule has 1 N–H and O–H groups in total. The van der Waals surface area contributed by atoms with E-state index in [-0.39, 0.29) is 11.8 Å². The fraction of sp³-hybridized carbons (Fsp3) is 0.538. The van der Waals surface area contributed by atoms with E-state index in [4.69, 9.17) is 4.74 Å². The lowest BCUT2D eigenvalue weighted by Gasteiger charge is -2.24. The Labute approximate surface area is 120 Å². The largest absolute Gasteiger partial charge is 0.476 e. The first-order valence-corrected chi connectivity index (χ1v) is 7.64. The quantitative estimate of drug-likeness (QED) is 0.915. The first-order chi connectivity index (χ1) is 9.70. The van der Waals surface area contributed by atoms with Crippen molar-refractivity contribution in [2.75, 3.05) is 24.6 Å². The highest BCUT2D eigenvalue weighted by molar-refractivity contribution is 7.15. The molecular weight excluding hydrogens is 278 g/mol. The number of carboxylic acids is 1. The van der Waals surface area contributed by atoms with E-state index in [1.165, 1.54) is 11.3 Å². The Bertz CT molecular complexity index is 615. The standard InChI is InChI=1S/C13H17N3O3S/c1-2-15(8-9-4-3-6-19-9)11-10(12(17)18)16-5-7-20-13(16)14-11/h5,7,9H,2-4,6,8H2,1H3,(H,17,18). The fourth-order valence-corrected chi connectivity index (χ4v) is 3.30. The van der Waals surface area contributed by atoms with Gasteiger partial charge in [-0.15, -0.1) is 11.3 Å². The number of carbonyl (C=O) groups is 1. The number of fused-ring (bicyclic) bond motifs is 1. The van der Waals surface area contributed by atoms with Crippen molar-refractivity contribution in [3.8, 4) is 0 Å². The zero-order chi connectivity index (χ0) is 14.1. The van der Waals surface area contributed by atoms with Crippen molar-refractivity contribution in [1.29, 1.82) is 0 Å². The number of thiazole rings is 1. The lowest BCUT2D eigenvalue weighted by atomic mass is 10.2. The molecule has 1 aliphatic heterocycles. The van der Waals surface area contributed by atoms with Gasteiger partial charge in [0.15, 0.2) is 16.5 Å². The number of hydrogen-bond donors (Lipinski definition) is 1. The van der Waals surface area contributed by atoms with Gasteiger partial charge in [-0.1, -0.05) is 0 Å². The summed E-state index contributed by atoms with van der Waals surface area (Å²) in [4.78, 5) is 18.7. The summed E-state index contributed by atoms with van der Waals surface area (Å²) in [6, 6.07) is 0. The Morgan fingerprint density at radius 1 is 1.70 bits per heavy atom. The van der Waals surface area contributed by atoms with Crippen molar-refractivity contribution < 1.29 is 14.6 Å². The van der Waals surface area contributed by atoms with Crippen molar-refractivity contribution in [2.45, 2.75) is 25.9 Å². The second kappa shape index (κ2) is 5.41. The first kappa shape index (κ1) is 13.4. The minimum Gasteiger partial charge on any atom is -0.476 e. The molecule has 7 heteroatoms. The van der Waals surface area contributed by atoms with Crippen LogP contribution < -0.4 is 4.90 Å². The number of aromatic nitrogens is 2. The Morgan fingerprint density at radius 3 is 3.20 bits per heavy atom. The van der Waals surface area contributed by atoms with E-state index < -0.39 is 5.97 Å². The second-order valence-electron chi connectivity index (χ2n) is 4.82. The number of nitrogens with zero attached hydrogens (tertiary/aromatic N) is 3. The summed E-state index contributed by atoms with van der Waals surface area (Å²) in [6.07, 6.45) is 4.03. The molecule has 1 fully saturated rings. The Balaban J connectivity index is 1.95. The molecule has 0 amide bonds. The van der Waals surface area contributed by atoms with Crippen LogP contribution in [0.4, 0.5) is 5.82 Å². The average molecular weight is 295 g/mol. The highest BCUT2D eigenvalue weighted by Crippen LogP contribution is 2.26. The van der Waals surface area contributed by atoms with Crippen LogP contribution in [0.1, 0.15) is 30.3 Å². The number of ether oxygens (including phenoxy) is 1. The zero-order valence-electron chi connectivity index (χ0n) is 11.3. The van der Waals surface area contributed by atoms with Gasteiger partial charge in [0.1, 0.15) is 0 Å². The van der Waals surface area contributed by atoms with Gasteiger partial charge in [0.2, 0.25) is 0 Å². The summed E-state index contributed by atoms with van der Waals surface area (Å²) in [7, 11) is 0.